The Balaban J connectivity index is 3.70. The average molecular weight is 154 g/mol. The van der Waals surface area contributed by atoms with E-state index < -0.39 is 0 Å². The minimum Gasteiger partial charge on any atom is -0.165 e. The highest BCUT2D eigenvalue weighted by Crippen LogP contribution is 2.06. The highest BCUT2D eigenvalue weighted by molar-refractivity contribution is 7.98. The molecule has 0 aliphatic rings. The van der Waals surface area contributed by atoms with E-state index in [-0.39, 0.29) is 0 Å². The summed E-state index contributed by atoms with van der Waals surface area (Å²) < 4.78 is 0. The fraction of sp³-hybridized carbons (Fsp3) is 0.333. The molecule has 0 nitrogen and oxygen atoms in total. The lowest BCUT2D eigenvalue weighted by atomic mass is 10.2. The van der Waals surface area contributed by atoms with E-state index in [4.69, 9.17) is 0 Å². The molecule has 0 radical (unpaired) electrons. The highest BCUT2D eigenvalue weighted by Gasteiger charge is 1.87. The molecule has 0 saturated heterocycles. The van der Waals surface area contributed by atoms with Crippen LogP contribution in [-0.4, -0.2) is 12.0 Å². The van der Waals surface area contributed by atoms with Crippen LogP contribution < -0.4 is 0 Å². The van der Waals surface area contributed by atoms with Crippen molar-refractivity contribution in [2.45, 2.75) is 6.42 Å². The summed E-state index contributed by atoms with van der Waals surface area (Å²) in [4.78, 5) is 0. The Morgan fingerprint density at radius 2 is 2.20 bits per heavy atom. The molecule has 56 valence electrons. The van der Waals surface area contributed by atoms with E-state index in [9.17, 15) is 0 Å². The van der Waals surface area contributed by atoms with Crippen molar-refractivity contribution in [1.29, 1.82) is 0 Å². The second-order valence-corrected chi connectivity index (χ2v) is 2.91. The SMILES string of the molecule is C=C/C=C(\C=C)CCSC. The van der Waals surface area contributed by atoms with E-state index in [1.807, 2.05) is 23.9 Å². The summed E-state index contributed by atoms with van der Waals surface area (Å²) in [5.74, 6) is 1.16. The van der Waals surface area contributed by atoms with Crippen molar-refractivity contribution >= 4 is 11.8 Å². The van der Waals surface area contributed by atoms with Crippen molar-refractivity contribution in [2.24, 2.45) is 0 Å². The molecule has 0 unspecified atom stereocenters. The van der Waals surface area contributed by atoms with Gasteiger partial charge in [-0.25, -0.2) is 0 Å². The maximum Gasteiger partial charge on any atom is -0.00298 e. The molecule has 0 amide bonds. The molecule has 0 aromatic rings. The van der Waals surface area contributed by atoms with Crippen molar-refractivity contribution in [2.75, 3.05) is 12.0 Å². The molecule has 1 heteroatoms. The van der Waals surface area contributed by atoms with E-state index in [1.165, 1.54) is 5.57 Å². The molecule has 0 aromatic heterocycles. The van der Waals surface area contributed by atoms with Gasteiger partial charge >= 0.3 is 0 Å². The first-order chi connectivity index (χ1) is 4.85. The Bertz CT molecular complexity index is 134. The highest BCUT2D eigenvalue weighted by atomic mass is 32.2. The average Bonchev–Trinajstić information content (AvgIpc) is 1.98. The molecule has 0 aromatic carbocycles. The van der Waals surface area contributed by atoms with Gasteiger partial charge in [0, 0.05) is 0 Å². The molecule has 0 atom stereocenters. The lowest BCUT2D eigenvalue weighted by molar-refractivity contribution is 1.17. The molecule has 10 heavy (non-hydrogen) atoms. The predicted molar refractivity (Wildman–Crippen MR) is 51.5 cm³/mol. The van der Waals surface area contributed by atoms with Crippen LogP contribution in [0.2, 0.25) is 0 Å². The topological polar surface area (TPSA) is 0 Å². The van der Waals surface area contributed by atoms with Crippen LogP contribution >= 0.6 is 11.8 Å². The molecule has 0 spiro atoms. The van der Waals surface area contributed by atoms with Gasteiger partial charge in [0.05, 0.1) is 0 Å². The van der Waals surface area contributed by atoms with E-state index in [0.29, 0.717) is 0 Å². The number of hydrogen-bond acceptors (Lipinski definition) is 1. The first-order valence-electron chi connectivity index (χ1n) is 3.28. The van der Waals surface area contributed by atoms with Crippen LogP contribution in [-0.2, 0) is 0 Å². The Morgan fingerprint density at radius 3 is 2.60 bits per heavy atom. The molecular formula is C9H14S. The minimum atomic E-state index is 1.09. The Morgan fingerprint density at radius 1 is 1.50 bits per heavy atom. The smallest absolute Gasteiger partial charge is 0.00298 e. The van der Waals surface area contributed by atoms with Crippen molar-refractivity contribution in [3.05, 3.63) is 37.0 Å². The number of hydrogen-bond donors (Lipinski definition) is 0. The zero-order valence-corrected chi connectivity index (χ0v) is 7.29. The van der Waals surface area contributed by atoms with Crippen LogP contribution in [0.5, 0.6) is 0 Å². The fourth-order valence-electron chi connectivity index (χ4n) is 0.625. The summed E-state index contributed by atoms with van der Waals surface area (Å²) in [7, 11) is 0. The summed E-state index contributed by atoms with van der Waals surface area (Å²) >= 11 is 1.85. The molecule has 0 aliphatic carbocycles. The van der Waals surface area contributed by atoms with Crippen molar-refractivity contribution in [1.82, 2.24) is 0 Å². The molecular weight excluding hydrogens is 140 g/mol. The predicted octanol–water partition coefficient (Wildman–Crippen LogP) is 3.04. The van der Waals surface area contributed by atoms with Gasteiger partial charge < -0.3 is 0 Å². The van der Waals surface area contributed by atoms with E-state index in [0.717, 1.165) is 12.2 Å². The summed E-state index contributed by atoms with van der Waals surface area (Å²) in [5.41, 5.74) is 1.27. The van der Waals surface area contributed by atoms with Gasteiger partial charge in [0.15, 0.2) is 0 Å². The van der Waals surface area contributed by atoms with Crippen LogP contribution in [0.4, 0.5) is 0 Å². The lowest BCUT2D eigenvalue weighted by Gasteiger charge is -1.96. The van der Waals surface area contributed by atoms with Gasteiger partial charge in [-0.05, 0) is 24.0 Å². The number of thioether (sulfide) groups is 1. The second-order valence-electron chi connectivity index (χ2n) is 1.92. The summed E-state index contributed by atoms with van der Waals surface area (Å²) in [6, 6.07) is 0. The Labute approximate surface area is 67.7 Å². The fourth-order valence-corrected chi connectivity index (χ4v) is 1.06. The minimum absolute atomic E-state index is 1.09. The van der Waals surface area contributed by atoms with Gasteiger partial charge in [0.25, 0.3) is 0 Å². The van der Waals surface area contributed by atoms with Gasteiger partial charge in [-0.2, -0.15) is 11.8 Å². The second kappa shape index (κ2) is 6.69. The van der Waals surface area contributed by atoms with Crippen LogP contribution in [0.25, 0.3) is 0 Å². The lowest BCUT2D eigenvalue weighted by Crippen LogP contribution is -1.80. The van der Waals surface area contributed by atoms with Crippen LogP contribution in [0.15, 0.2) is 37.0 Å². The van der Waals surface area contributed by atoms with Crippen molar-refractivity contribution in [3.8, 4) is 0 Å². The monoisotopic (exact) mass is 154 g/mol. The van der Waals surface area contributed by atoms with Gasteiger partial charge in [-0.1, -0.05) is 31.4 Å². The molecule has 0 heterocycles. The van der Waals surface area contributed by atoms with Crippen LogP contribution in [0.1, 0.15) is 6.42 Å². The molecule has 0 saturated carbocycles. The van der Waals surface area contributed by atoms with Crippen LogP contribution in [0.3, 0.4) is 0 Å². The normalized spacial score (nSPS) is 11.1. The van der Waals surface area contributed by atoms with Crippen molar-refractivity contribution in [3.63, 3.8) is 0 Å². The largest absolute Gasteiger partial charge is 0.165 e. The van der Waals surface area contributed by atoms with E-state index in [2.05, 4.69) is 19.4 Å². The van der Waals surface area contributed by atoms with Gasteiger partial charge in [-0.3, -0.25) is 0 Å². The quantitative estimate of drug-likeness (QED) is 0.548. The third-order valence-electron chi connectivity index (χ3n) is 1.19. The zero-order valence-electron chi connectivity index (χ0n) is 6.47. The number of rotatable bonds is 5. The third-order valence-corrected chi connectivity index (χ3v) is 1.80. The number of allylic oxidation sites excluding steroid dienone is 4. The van der Waals surface area contributed by atoms with E-state index >= 15 is 0 Å². The molecule has 0 fully saturated rings. The zero-order chi connectivity index (χ0) is 7.82. The first-order valence-corrected chi connectivity index (χ1v) is 4.67. The standard InChI is InChI=1S/C9H14S/c1-4-6-9(5-2)7-8-10-3/h4-6H,1-2,7-8H2,3H3/b9-6+. The van der Waals surface area contributed by atoms with E-state index in [1.54, 1.807) is 6.08 Å². The van der Waals surface area contributed by atoms with Gasteiger partial charge in [-0.15, -0.1) is 0 Å². The van der Waals surface area contributed by atoms with Crippen molar-refractivity contribution < 1.29 is 0 Å². The van der Waals surface area contributed by atoms with Gasteiger partial charge in [0.1, 0.15) is 0 Å². The van der Waals surface area contributed by atoms with Gasteiger partial charge in [0.2, 0.25) is 0 Å². The summed E-state index contributed by atoms with van der Waals surface area (Å²) in [6.07, 6.45) is 8.89. The molecule has 0 rings (SSSR count). The molecule has 0 bridgehead atoms. The molecule has 0 aliphatic heterocycles. The third kappa shape index (κ3) is 4.45. The Kier molecular flexibility index (Phi) is 6.40. The first kappa shape index (κ1) is 9.57. The van der Waals surface area contributed by atoms with Crippen LogP contribution in [0, 0.1) is 0 Å². The maximum atomic E-state index is 3.71. The maximum absolute atomic E-state index is 3.71. The summed E-state index contributed by atoms with van der Waals surface area (Å²) in [6.45, 7) is 7.33. The Hall–Kier alpha value is -0.430. The molecule has 0 N–H and O–H groups in total. The summed E-state index contributed by atoms with van der Waals surface area (Å²) in [5, 5.41) is 0.